The van der Waals surface area contributed by atoms with Crippen LogP contribution in [0.1, 0.15) is 0 Å². The highest BCUT2D eigenvalue weighted by molar-refractivity contribution is 4.95. The van der Waals surface area contributed by atoms with Crippen LogP contribution in [-0.4, -0.2) is 168 Å². The topological polar surface area (TPSA) is 269 Å². The van der Waals surface area contributed by atoms with Crippen LogP contribution in [-0.2, 0) is 23.7 Å². The molecule has 11 N–H and O–H groups in total. The molecule has 0 radical (unpaired) electrons. The molecule has 0 saturated carbocycles. The maximum absolute atomic E-state index is 10.6. The highest BCUT2D eigenvalue weighted by atomic mass is 16.8. The molecule has 0 aromatic carbocycles. The summed E-state index contributed by atoms with van der Waals surface area (Å²) in [4.78, 5) is 0. The van der Waals surface area contributed by atoms with E-state index in [1.165, 1.54) is 0 Å². The molecular weight excluding hydrogens is 472 g/mol. The molecule has 3 heterocycles. The van der Waals surface area contributed by atoms with Gasteiger partial charge >= 0.3 is 0 Å². The van der Waals surface area contributed by atoms with Crippen molar-refractivity contribution < 1.29 is 79.9 Å². The molecule has 3 rings (SSSR count). The molecule has 3 fully saturated rings. The minimum atomic E-state index is -1.90. The summed E-state index contributed by atoms with van der Waals surface area (Å²) < 4.78 is 26.5. The van der Waals surface area contributed by atoms with E-state index in [0.717, 1.165) is 0 Å². The number of hydrogen-bond acceptors (Lipinski definition) is 16. The predicted molar refractivity (Wildman–Crippen MR) is 101 cm³/mol. The summed E-state index contributed by atoms with van der Waals surface area (Å²) >= 11 is 0. The van der Waals surface area contributed by atoms with Gasteiger partial charge < -0.3 is 79.9 Å². The molecule has 16 heteroatoms. The molecule has 0 aromatic rings. The molecule has 3 saturated heterocycles. The first-order chi connectivity index (χ1) is 16.0. The van der Waals surface area contributed by atoms with Gasteiger partial charge in [-0.25, -0.2) is 0 Å². The fraction of sp³-hybridized carbons (Fsp3) is 1.00. The Balaban J connectivity index is 1.82. The maximum atomic E-state index is 10.6. The van der Waals surface area contributed by atoms with Crippen LogP contribution in [0, 0.1) is 0 Å². The molecule has 0 aliphatic carbocycles. The molecule has 200 valence electrons. The summed E-state index contributed by atoms with van der Waals surface area (Å²) in [6.45, 7) is -2.31. The Kier molecular flexibility index (Phi) is 9.54. The Morgan fingerprint density at radius 2 is 0.853 bits per heavy atom. The average Bonchev–Trinajstić information content (AvgIpc) is 2.83. The van der Waals surface area contributed by atoms with E-state index in [0.29, 0.717) is 0 Å². The molecule has 0 spiro atoms. The Labute approximate surface area is 192 Å². The van der Waals surface area contributed by atoms with Gasteiger partial charge in [-0.1, -0.05) is 0 Å². The van der Waals surface area contributed by atoms with Crippen molar-refractivity contribution in [2.75, 3.05) is 19.8 Å². The Morgan fingerprint density at radius 1 is 0.441 bits per heavy atom. The van der Waals surface area contributed by atoms with Gasteiger partial charge in [0.2, 0.25) is 0 Å². The molecule has 0 bridgehead atoms. The van der Waals surface area contributed by atoms with Gasteiger partial charge in [0.25, 0.3) is 0 Å². The van der Waals surface area contributed by atoms with Gasteiger partial charge in [-0.15, -0.1) is 0 Å². The summed E-state index contributed by atoms with van der Waals surface area (Å²) in [6, 6.07) is 0. The number of ether oxygens (including phenoxy) is 5. The first-order valence-corrected chi connectivity index (χ1v) is 10.6. The smallest absolute Gasteiger partial charge is 0.187 e. The van der Waals surface area contributed by atoms with E-state index in [2.05, 4.69) is 0 Å². The summed E-state index contributed by atoms with van der Waals surface area (Å²) in [5, 5.41) is 109. The lowest BCUT2D eigenvalue weighted by atomic mass is 9.96. The van der Waals surface area contributed by atoms with Crippen LogP contribution in [0.4, 0.5) is 0 Å². The van der Waals surface area contributed by atoms with Crippen LogP contribution < -0.4 is 0 Å². The van der Waals surface area contributed by atoms with Crippen molar-refractivity contribution in [3.05, 3.63) is 0 Å². The monoisotopic (exact) mass is 504 g/mol. The summed E-state index contributed by atoms with van der Waals surface area (Å²) in [6.07, 6.45) is -25.7. The van der Waals surface area contributed by atoms with Gasteiger partial charge in [0.1, 0.15) is 73.2 Å². The Hall–Kier alpha value is -0.640. The molecule has 3 aliphatic rings. The van der Waals surface area contributed by atoms with Gasteiger partial charge in [0, 0.05) is 0 Å². The Bertz CT molecular complexity index is 639. The van der Waals surface area contributed by atoms with Crippen LogP contribution in [0.25, 0.3) is 0 Å². The van der Waals surface area contributed by atoms with Gasteiger partial charge in [0.05, 0.1) is 19.8 Å². The van der Waals surface area contributed by atoms with Crippen molar-refractivity contribution in [2.45, 2.75) is 92.1 Å². The first-order valence-electron chi connectivity index (χ1n) is 10.6. The quantitative estimate of drug-likeness (QED) is 0.154. The minimum absolute atomic E-state index is 0.734. The summed E-state index contributed by atoms with van der Waals surface area (Å²) in [7, 11) is 0. The lowest BCUT2D eigenvalue weighted by Crippen LogP contribution is -2.66. The lowest BCUT2D eigenvalue weighted by molar-refractivity contribution is -0.391. The Morgan fingerprint density at radius 3 is 1.38 bits per heavy atom. The zero-order chi connectivity index (χ0) is 25.3. The van der Waals surface area contributed by atoms with E-state index in [4.69, 9.17) is 23.7 Å². The standard InChI is InChI=1S/C18H32O16/c19-1-4-8(23)11(26)14(16(29)30-4)33-18-15(12(27)9(24)6(3-21)32-18)34-17-13(28)10(25)7(22)5(2-20)31-17/h4-29H,1-3H2/t4-,5-,6-,7-,8-,9-,10+,11+,12+,13-,14-,15-,16+,17-,18-/m1/s1. The molecule has 15 atom stereocenters. The van der Waals surface area contributed by atoms with Gasteiger partial charge in [-0.05, 0) is 0 Å². The molecule has 0 amide bonds. The number of aliphatic hydroxyl groups is 11. The van der Waals surface area contributed by atoms with Crippen molar-refractivity contribution in [1.29, 1.82) is 0 Å². The van der Waals surface area contributed by atoms with E-state index in [-0.39, 0.29) is 0 Å². The predicted octanol–water partition coefficient (Wildman–Crippen LogP) is -7.57. The molecule has 16 nitrogen and oxygen atoms in total. The maximum Gasteiger partial charge on any atom is 0.187 e. The third-order valence-corrected chi connectivity index (χ3v) is 6.10. The SMILES string of the molecule is OC[C@H]1O[C@H](O[C@H]2[C@@H](O[C@@H]3[C@@H](O)[C@H](O)[C@@H](CO)O[C@@H]3O)O[C@H](CO)[C@@H](O)[C@@H]2O)[C@H](O)[C@@H](O)[C@@H]1O. The molecule has 34 heavy (non-hydrogen) atoms. The summed E-state index contributed by atoms with van der Waals surface area (Å²) in [5.74, 6) is 0. The average molecular weight is 504 g/mol. The lowest BCUT2D eigenvalue weighted by Gasteiger charge is -2.48. The van der Waals surface area contributed by atoms with Crippen molar-refractivity contribution in [1.82, 2.24) is 0 Å². The van der Waals surface area contributed by atoms with E-state index in [1.807, 2.05) is 0 Å². The zero-order valence-electron chi connectivity index (χ0n) is 17.7. The second kappa shape index (κ2) is 11.6. The molecule has 0 unspecified atom stereocenters. The fourth-order valence-corrected chi connectivity index (χ4v) is 4.02. The zero-order valence-corrected chi connectivity index (χ0v) is 17.7. The molecular formula is C18H32O16. The van der Waals surface area contributed by atoms with Crippen LogP contribution in [0.5, 0.6) is 0 Å². The normalized spacial score (nSPS) is 52.5. The fourth-order valence-electron chi connectivity index (χ4n) is 4.02. The van der Waals surface area contributed by atoms with E-state index in [1.54, 1.807) is 0 Å². The minimum Gasteiger partial charge on any atom is -0.394 e. The highest BCUT2D eigenvalue weighted by Gasteiger charge is 2.53. The van der Waals surface area contributed by atoms with Gasteiger partial charge in [0.15, 0.2) is 18.9 Å². The van der Waals surface area contributed by atoms with Crippen LogP contribution in [0.3, 0.4) is 0 Å². The van der Waals surface area contributed by atoms with Crippen LogP contribution >= 0.6 is 0 Å². The van der Waals surface area contributed by atoms with Crippen LogP contribution in [0.15, 0.2) is 0 Å². The second-order valence-corrected chi connectivity index (χ2v) is 8.33. The number of hydrogen-bond donors (Lipinski definition) is 11. The van der Waals surface area contributed by atoms with Gasteiger partial charge in [-0.3, -0.25) is 0 Å². The van der Waals surface area contributed by atoms with Gasteiger partial charge in [-0.2, -0.15) is 0 Å². The highest BCUT2D eigenvalue weighted by Crippen LogP contribution is 2.32. The van der Waals surface area contributed by atoms with E-state index < -0.39 is 112 Å². The van der Waals surface area contributed by atoms with E-state index in [9.17, 15) is 56.2 Å². The van der Waals surface area contributed by atoms with E-state index >= 15 is 0 Å². The van der Waals surface area contributed by atoms with Crippen molar-refractivity contribution in [3.63, 3.8) is 0 Å². The largest absolute Gasteiger partial charge is 0.394 e. The van der Waals surface area contributed by atoms with Crippen molar-refractivity contribution >= 4 is 0 Å². The second-order valence-electron chi connectivity index (χ2n) is 8.33. The summed E-state index contributed by atoms with van der Waals surface area (Å²) in [5.41, 5.74) is 0. The van der Waals surface area contributed by atoms with Crippen molar-refractivity contribution in [2.24, 2.45) is 0 Å². The van der Waals surface area contributed by atoms with Crippen molar-refractivity contribution in [3.8, 4) is 0 Å². The van der Waals surface area contributed by atoms with Crippen LogP contribution in [0.2, 0.25) is 0 Å². The first kappa shape index (κ1) is 27.9. The number of rotatable bonds is 7. The third kappa shape index (κ3) is 5.37. The number of aliphatic hydroxyl groups excluding tert-OH is 11. The molecule has 3 aliphatic heterocycles. The molecule has 0 aromatic heterocycles. The third-order valence-electron chi connectivity index (χ3n) is 6.10.